The van der Waals surface area contributed by atoms with Crippen molar-refractivity contribution < 1.29 is 28.6 Å². The number of benzene rings is 2. The number of carbonyl (C=O) groups is 3. The van der Waals surface area contributed by atoms with Gasteiger partial charge in [0.15, 0.2) is 6.61 Å². The average Bonchev–Trinajstić information content (AvgIpc) is 2.71. The molecule has 29 heavy (non-hydrogen) atoms. The first-order valence-electron chi connectivity index (χ1n) is 8.65. The number of ether oxygens (including phenoxy) is 3. The largest absolute Gasteiger partial charge is 0.497 e. The highest BCUT2D eigenvalue weighted by atomic mass is 16.5. The normalized spacial score (nSPS) is 10.7. The fourth-order valence-electron chi connectivity index (χ4n) is 2.34. The average molecular weight is 398 g/mol. The van der Waals surface area contributed by atoms with E-state index in [1.165, 1.54) is 27.2 Å². The lowest BCUT2D eigenvalue weighted by Gasteiger charge is -2.11. The third kappa shape index (κ3) is 7.02. The zero-order valence-electron chi connectivity index (χ0n) is 16.4. The van der Waals surface area contributed by atoms with Crippen molar-refractivity contribution in [3.8, 4) is 11.5 Å². The third-order valence-electron chi connectivity index (χ3n) is 3.61. The first-order chi connectivity index (χ1) is 13.9. The van der Waals surface area contributed by atoms with E-state index in [-0.39, 0.29) is 5.70 Å². The summed E-state index contributed by atoms with van der Waals surface area (Å²) < 4.78 is 15.3. The summed E-state index contributed by atoms with van der Waals surface area (Å²) in [5.41, 5.74) is 1.05. The van der Waals surface area contributed by atoms with Gasteiger partial charge in [-0.05, 0) is 11.6 Å². The summed E-state index contributed by atoms with van der Waals surface area (Å²) in [6, 6.07) is 13.8. The topological polar surface area (TPSA) is 103 Å². The van der Waals surface area contributed by atoms with Gasteiger partial charge in [-0.3, -0.25) is 9.59 Å². The zero-order valence-corrected chi connectivity index (χ0v) is 16.4. The summed E-state index contributed by atoms with van der Waals surface area (Å²) >= 11 is 0. The first kappa shape index (κ1) is 21.5. The van der Waals surface area contributed by atoms with Crippen LogP contribution in [0.25, 0.3) is 6.08 Å². The molecule has 0 aliphatic carbocycles. The Morgan fingerprint density at radius 2 is 1.59 bits per heavy atom. The molecule has 0 saturated heterocycles. The number of rotatable bonds is 8. The minimum Gasteiger partial charge on any atom is -0.497 e. The molecule has 0 fully saturated rings. The minimum atomic E-state index is -0.831. The van der Waals surface area contributed by atoms with Crippen LogP contribution >= 0.6 is 0 Å². The minimum absolute atomic E-state index is 0.0699. The molecule has 0 spiro atoms. The molecule has 2 amide bonds. The van der Waals surface area contributed by atoms with Gasteiger partial charge in [-0.15, -0.1) is 0 Å². The monoisotopic (exact) mass is 398 g/mol. The second-order valence-electron chi connectivity index (χ2n) is 5.88. The summed E-state index contributed by atoms with van der Waals surface area (Å²) in [6.45, 7) is 0.735. The molecule has 152 valence electrons. The Morgan fingerprint density at radius 3 is 2.14 bits per heavy atom. The summed E-state index contributed by atoms with van der Waals surface area (Å²) in [7, 11) is 2.98. The van der Waals surface area contributed by atoms with Crippen molar-refractivity contribution >= 4 is 29.5 Å². The van der Waals surface area contributed by atoms with Gasteiger partial charge in [0, 0.05) is 30.8 Å². The lowest BCUT2D eigenvalue weighted by Crippen LogP contribution is -2.28. The van der Waals surface area contributed by atoms with Crippen molar-refractivity contribution in [1.29, 1.82) is 0 Å². The molecule has 2 N–H and O–H groups in total. The summed E-state index contributed by atoms with van der Waals surface area (Å²) in [4.78, 5) is 35.8. The van der Waals surface area contributed by atoms with Gasteiger partial charge < -0.3 is 24.8 Å². The number of anilines is 1. The Kier molecular flexibility index (Phi) is 7.78. The van der Waals surface area contributed by atoms with Crippen molar-refractivity contribution in [3.05, 3.63) is 59.8 Å². The van der Waals surface area contributed by atoms with Crippen LogP contribution in [0.15, 0.2) is 54.2 Å². The fraction of sp³-hybridized carbons (Fsp3) is 0.190. The number of nitrogens with one attached hydrogen (secondary N) is 2. The maximum Gasteiger partial charge on any atom is 0.355 e. The first-order valence-corrected chi connectivity index (χ1v) is 8.65. The van der Waals surface area contributed by atoms with Crippen LogP contribution in [0.4, 0.5) is 5.69 Å². The standard InChI is InChI=1S/C21H22N2O6/c1-14(24)22-19(9-15-7-5-4-6-8-15)21(26)29-13-20(25)23-16-10-17(27-2)12-18(11-16)28-3/h4-12H,13H2,1-3H3,(H,22,24)(H,23,25)/b19-9-. The molecule has 2 aromatic carbocycles. The number of carbonyl (C=O) groups excluding carboxylic acids is 3. The van der Waals surface area contributed by atoms with Crippen molar-refractivity contribution in [1.82, 2.24) is 5.32 Å². The maximum absolute atomic E-state index is 12.3. The van der Waals surface area contributed by atoms with Crippen LogP contribution in [0.5, 0.6) is 11.5 Å². The molecular weight excluding hydrogens is 376 g/mol. The van der Waals surface area contributed by atoms with E-state index in [1.54, 1.807) is 42.5 Å². The van der Waals surface area contributed by atoms with Crippen molar-refractivity contribution in [2.24, 2.45) is 0 Å². The molecule has 2 rings (SSSR count). The predicted molar refractivity (Wildman–Crippen MR) is 107 cm³/mol. The molecule has 0 saturated carbocycles. The van der Waals surface area contributed by atoms with Gasteiger partial charge in [-0.2, -0.15) is 0 Å². The van der Waals surface area contributed by atoms with Gasteiger partial charge in [0.2, 0.25) is 5.91 Å². The Labute approximate surface area is 168 Å². The molecule has 0 unspecified atom stereocenters. The van der Waals surface area contributed by atoms with Crippen molar-refractivity contribution in [2.45, 2.75) is 6.92 Å². The maximum atomic E-state index is 12.3. The van der Waals surface area contributed by atoms with Crippen LogP contribution in [0.3, 0.4) is 0 Å². The summed E-state index contributed by atoms with van der Waals surface area (Å²) in [5.74, 6) is -0.833. The summed E-state index contributed by atoms with van der Waals surface area (Å²) in [5, 5.41) is 5.01. The molecule has 8 nitrogen and oxygen atoms in total. The van der Waals surface area contributed by atoms with Crippen molar-refractivity contribution in [3.63, 3.8) is 0 Å². The van der Waals surface area contributed by atoms with E-state index in [0.29, 0.717) is 22.7 Å². The lowest BCUT2D eigenvalue weighted by molar-refractivity contribution is -0.144. The van der Waals surface area contributed by atoms with E-state index in [1.807, 2.05) is 6.07 Å². The van der Waals surface area contributed by atoms with Gasteiger partial charge >= 0.3 is 5.97 Å². The van der Waals surface area contributed by atoms with Gasteiger partial charge in [0.25, 0.3) is 5.91 Å². The molecule has 0 bridgehead atoms. The van der Waals surface area contributed by atoms with E-state index in [0.717, 1.165) is 0 Å². The smallest absolute Gasteiger partial charge is 0.355 e. The lowest BCUT2D eigenvalue weighted by atomic mass is 10.2. The second kappa shape index (κ2) is 10.5. The van der Waals surface area contributed by atoms with E-state index in [4.69, 9.17) is 14.2 Å². The molecule has 2 aromatic rings. The Bertz CT molecular complexity index is 886. The van der Waals surface area contributed by atoms with Gasteiger partial charge in [-0.25, -0.2) is 4.79 Å². The highest BCUT2D eigenvalue weighted by Gasteiger charge is 2.15. The van der Waals surface area contributed by atoms with Gasteiger partial charge in [-0.1, -0.05) is 30.3 Å². The van der Waals surface area contributed by atoms with Crippen LogP contribution in [-0.2, 0) is 19.1 Å². The molecule has 0 aliphatic rings. The second-order valence-corrected chi connectivity index (χ2v) is 5.88. The zero-order chi connectivity index (χ0) is 21.2. The van der Waals surface area contributed by atoms with Crippen LogP contribution in [-0.4, -0.2) is 38.6 Å². The molecular formula is C21H22N2O6. The predicted octanol–water partition coefficient (Wildman–Crippen LogP) is 2.36. The molecule has 0 aromatic heterocycles. The molecule has 0 radical (unpaired) electrons. The third-order valence-corrected chi connectivity index (χ3v) is 3.61. The molecule has 0 aliphatic heterocycles. The highest BCUT2D eigenvalue weighted by Crippen LogP contribution is 2.25. The number of hydrogen-bond donors (Lipinski definition) is 2. The molecule has 0 atom stereocenters. The van der Waals surface area contributed by atoms with E-state index < -0.39 is 24.4 Å². The van der Waals surface area contributed by atoms with Crippen molar-refractivity contribution in [2.75, 3.05) is 26.1 Å². The van der Waals surface area contributed by atoms with E-state index in [9.17, 15) is 14.4 Å². The van der Waals surface area contributed by atoms with Crippen LogP contribution in [0.2, 0.25) is 0 Å². The summed E-state index contributed by atoms with van der Waals surface area (Å²) in [6.07, 6.45) is 1.47. The van der Waals surface area contributed by atoms with Gasteiger partial charge in [0.1, 0.15) is 17.2 Å². The Morgan fingerprint density at radius 1 is 0.966 bits per heavy atom. The number of amides is 2. The van der Waals surface area contributed by atoms with E-state index in [2.05, 4.69) is 10.6 Å². The number of methoxy groups -OCH3 is 2. The Hall–Kier alpha value is -3.81. The number of hydrogen-bond acceptors (Lipinski definition) is 6. The fourth-order valence-corrected chi connectivity index (χ4v) is 2.34. The van der Waals surface area contributed by atoms with Crippen LogP contribution in [0.1, 0.15) is 12.5 Å². The molecule has 0 heterocycles. The quantitative estimate of drug-likeness (QED) is 0.523. The Balaban J connectivity index is 2.03. The molecule has 8 heteroatoms. The number of esters is 1. The van der Waals surface area contributed by atoms with Gasteiger partial charge in [0.05, 0.1) is 14.2 Å². The van der Waals surface area contributed by atoms with Crippen LogP contribution in [0, 0.1) is 0 Å². The highest BCUT2D eigenvalue weighted by molar-refractivity contribution is 5.99. The van der Waals surface area contributed by atoms with Crippen LogP contribution < -0.4 is 20.1 Å². The SMILES string of the molecule is COc1cc(NC(=O)COC(=O)/C(=C/c2ccccc2)NC(C)=O)cc(OC)c1. The van der Waals surface area contributed by atoms with E-state index >= 15 is 0 Å².